The second-order valence-electron chi connectivity index (χ2n) is 8.21. The highest BCUT2D eigenvalue weighted by molar-refractivity contribution is 5.92. The Balaban J connectivity index is 4.66. The third kappa shape index (κ3) is 15.7. The zero-order valence-corrected chi connectivity index (χ0v) is 19.8. The number of nitrogens with one attached hydrogen (secondary N) is 3. The van der Waals surface area contributed by atoms with E-state index in [1.54, 1.807) is 0 Å². The Labute approximate surface area is 189 Å². The van der Waals surface area contributed by atoms with E-state index in [0.29, 0.717) is 51.7 Å². The van der Waals surface area contributed by atoms with Crippen LogP contribution in [0.2, 0.25) is 0 Å². The molecule has 31 heavy (non-hydrogen) atoms. The van der Waals surface area contributed by atoms with Crippen molar-refractivity contribution in [2.24, 2.45) is 11.5 Å². The van der Waals surface area contributed by atoms with Gasteiger partial charge in [0.25, 0.3) is 0 Å². The Morgan fingerprint density at radius 3 is 1.77 bits per heavy atom. The van der Waals surface area contributed by atoms with Gasteiger partial charge in [-0.05, 0) is 51.6 Å². The largest absolute Gasteiger partial charge is 0.354 e. The SMILES string of the molecule is CCCCCCCCCC(=O)NC(CCCN)C(=O)NC(CCCN)C(=O)NCCC. The van der Waals surface area contributed by atoms with Crippen LogP contribution in [0.4, 0.5) is 0 Å². The van der Waals surface area contributed by atoms with Crippen molar-refractivity contribution in [1.29, 1.82) is 0 Å². The molecule has 0 heterocycles. The third-order valence-electron chi connectivity index (χ3n) is 5.24. The van der Waals surface area contributed by atoms with E-state index in [4.69, 9.17) is 11.5 Å². The smallest absolute Gasteiger partial charge is 0.243 e. The van der Waals surface area contributed by atoms with Crippen molar-refractivity contribution in [3.05, 3.63) is 0 Å². The Bertz CT molecular complexity index is 488. The second-order valence-corrected chi connectivity index (χ2v) is 8.21. The quantitative estimate of drug-likeness (QED) is 0.184. The van der Waals surface area contributed by atoms with Gasteiger partial charge in [0, 0.05) is 13.0 Å². The van der Waals surface area contributed by atoms with E-state index < -0.39 is 12.1 Å². The summed E-state index contributed by atoms with van der Waals surface area (Å²) in [6.45, 7) is 5.60. The summed E-state index contributed by atoms with van der Waals surface area (Å²) in [6.07, 6.45) is 11.3. The maximum absolute atomic E-state index is 12.8. The molecule has 2 atom stereocenters. The van der Waals surface area contributed by atoms with Gasteiger partial charge < -0.3 is 27.4 Å². The van der Waals surface area contributed by atoms with Crippen molar-refractivity contribution >= 4 is 17.7 Å². The average Bonchev–Trinajstić information content (AvgIpc) is 2.76. The molecule has 0 aliphatic rings. The Hall–Kier alpha value is -1.67. The summed E-state index contributed by atoms with van der Waals surface area (Å²) in [4.78, 5) is 37.6. The van der Waals surface area contributed by atoms with Crippen molar-refractivity contribution in [2.45, 2.75) is 109 Å². The minimum absolute atomic E-state index is 0.125. The van der Waals surface area contributed by atoms with Gasteiger partial charge in [0.2, 0.25) is 17.7 Å². The lowest BCUT2D eigenvalue weighted by Gasteiger charge is -2.23. The lowest BCUT2D eigenvalue weighted by Crippen LogP contribution is -2.54. The van der Waals surface area contributed by atoms with E-state index in [1.165, 1.54) is 25.7 Å². The van der Waals surface area contributed by atoms with E-state index in [0.717, 1.165) is 25.7 Å². The first-order valence-corrected chi connectivity index (χ1v) is 12.3. The third-order valence-corrected chi connectivity index (χ3v) is 5.24. The standard InChI is InChI=1S/C23H47N5O3/c1-3-5-6-7-8-9-10-15-21(29)27-20(14-12-17-25)23(31)28-19(13-11-16-24)22(30)26-18-4-2/h19-20H,3-18,24-25H2,1-2H3,(H,26,30)(H,27,29)(H,28,31). The summed E-state index contributed by atoms with van der Waals surface area (Å²) in [5.74, 6) is -0.676. The van der Waals surface area contributed by atoms with Gasteiger partial charge in [0.15, 0.2) is 0 Å². The molecule has 3 amide bonds. The van der Waals surface area contributed by atoms with Gasteiger partial charge >= 0.3 is 0 Å². The highest BCUT2D eigenvalue weighted by Crippen LogP contribution is 2.09. The predicted octanol–water partition coefficient (Wildman–Crippen LogP) is 2.10. The molecule has 7 N–H and O–H groups in total. The normalized spacial score (nSPS) is 12.8. The molecule has 0 fully saturated rings. The number of carbonyl (C=O) groups excluding carboxylic acids is 3. The molecular formula is C23H47N5O3. The fraction of sp³-hybridized carbons (Fsp3) is 0.870. The molecule has 0 saturated heterocycles. The van der Waals surface area contributed by atoms with E-state index in [2.05, 4.69) is 22.9 Å². The fourth-order valence-electron chi connectivity index (χ4n) is 3.33. The lowest BCUT2D eigenvalue weighted by atomic mass is 10.1. The van der Waals surface area contributed by atoms with Gasteiger partial charge in [0.05, 0.1) is 0 Å². The van der Waals surface area contributed by atoms with Crippen molar-refractivity contribution in [1.82, 2.24) is 16.0 Å². The molecule has 0 bridgehead atoms. The van der Waals surface area contributed by atoms with Gasteiger partial charge in [-0.3, -0.25) is 14.4 Å². The minimum Gasteiger partial charge on any atom is -0.354 e. The summed E-state index contributed by atoms with van der Waals surface area (Å²) in [5.41, 5.74) is 11.2. The molecule has 0 radical (unpaired) electrons. The van der Waals surface area contributed by atoms with Crippen LogP contribution in [0, 0.1) is 0 Å². The molecule has 0 aromatic heterocycles. The van der Waals surface area contributed by atoms with Gasteiger partial charge in [0.1, 0.15) is 12.1 Å². The van der Waals surface area contributed by atoms with E-state index >= 15 is 0 Å². The highest BCUT2D eigenvalue weighted by Gasteiger charge is 2.26. The maximum Gasteiger partial charge on any atom is 0.243 e. The fourth-order valence-corrected chi connectivity index (χ4v) is 3.33. The number of unbranched alkanes of at least 4 members (excludes halogenated alkanes) is 6. The molecule has 182 valence electrons. The van der Waals surface area contributed by atoms with Crippen molar-refractivity contribution in [3.63, 3.8) is 0 Å². The first kappa shape index (κ1) is 29.3. The highest BCUT2D eigenvalue weighted by atomic mass is 16.2. The molecule has 0 aromatic carbocycles. The Morgan fingerprint density at radius 1 is 0.677 bits per heavy atom. The molecule has 2 unspecified atom stereocenters. The van der Waals surface area contributed by atoms with Gasteiger partial charge in [-0.2, -0.15) is 0 Å². The monoisotopic (exact) mass is 441 g/mol. The van der Waals surface area contributed by atoms with E-state index in [9.17, 15) is 14.4 Å². The second kappa shape index (κ2) is 20.2. The van der Waals surface area contributed by atoms with Gasteiger partial charge in [-0.15, -0.1) is 0 Å². The maximum atomic E-state index is 12.8. The van der Waals surface area contributed by atoms with Crippen LogP contribution < -0.4 is 27.4 Å². The number of hydrogen-bond acceptors (Lipinski definition) is 5. The van der Waals surface area contributed by atoms with Crippen LogP contribution in [-0.4, -0.2) is 49.4 Å². The van der Waals surface area contributed by atoms with Crippen LogP contribution >= 0.6 is 0 Å². The van der Waals surface area contributed by atoms with Crippen LogP contribution in [0.3, 0.4) is 0 Å². The number of hydrogen-bond donors (Lipinski definition) is 5. The van der Waals surface area contributed by atoms with Crippen LogP contribution in [-0.2, 0) is 14.4 Å². The van der Waals surface area contributed by atoms with Crippen molar-refractivity contribution in [2.75, 3.05) is 19.6 Å². The summed E-state index contributed by atoms with van der Waals surface area (Å²) in [5, 5.41) is 8.47. The summed E-state index contributed by atoms with van der Waals surface area (Å²) in [7, 11) is 0. The molecular weight excluding hydrogens is 394 g/mol. The van der Waals surface area contributed by atoms with Crippen LogP contribution in [0.5, 0.6) is 0 Å². The molecule has 0 rings (SSSR count). The number of amides is 3. The lowest BCUT2D eigenvalue weighted by molar-refractivity contribution is -0.132. The van der Waals surface area contributed by atoms with E-state index in [1.807, 2.05) is 6.92 Å². The molecule has 0 aliphatic carbocycles. The van der Waals surface area contributed by atoms with Crippen LogP contribution in [0.15, 0.2) is 0 Å². The topological polar surface area (TPSA) is 139 Å². The zero-order valence-electron chi connectivity index (χ0n) is 19.8. The molecule has 8 heteroatoms. The van der Waals surface area contributed by atoms with Crippen LogP contribution in [0.1, 0.15) is 97.3 Å². The molecule has 0 spiro atoms. The Morgan fingerprint density at radius 2 is 1.23 bits per heavy atom. The zero-order chi connectivity index (χ0) is 23.3. The van der Waals surface area contributed by atoms with Gasteiger partial charge in [-0.25, -0.2) is 0 Å². The van der Waals surface area contributed by atoms with Crippen molar-refractivity contribution in [3.8, 4) is 0 Å². The summed E-state index contributed by atoms with van der Waals surface area (Å²) in [6, 6.07) is -1.33. The van der Waals surface area contributed by atoms with Crippen LogP contribution in [0.25, 0.3) is 0 Å². The molecule has 0 saturated carbocycles. The number of nitrogens with two attached hydrogens (primary N) is 2. The molecule has 8 nitrogen and oxygen atoms in total. The minimum atomic E-state index is -0.681. The predicted molar refractivity (Wildman–Crippen MR) is 126 cm³/mol. The Kier molecular flexibility index (Phi) is 19.2. The molecule has 0 aromatic rings. The average molecular weight is 442 g/mol. The van der Waals surface area contributed by atoms with Crippen molar-refractivity contribution < 1.29 is 14.4 Å². The number of carbonyl (C=O) groups is 3. The molecule has 0 aliphatic heterocycles. The first-order chi connectivity index (χ1) is 15.0. The van der Waals surface area contributed by atoms with Gasteiger partial charge in [-0.1, -0.05) is 52.4 Å². The summed E-state index contributed by atoms with van der Waals surface area (Å²) < 4.78 is 0. The number of rotatable bonds is 20. The van der Waals surface area contributed by atoms with E-state index in [-0.39, 0.29) is 17.7 Å². The summed E-state index contributed by atoms with van der Waals surface area (Å²) >= 11 is 0. The first-order valence-electron chi connectivity index (χ1n) is 12.3.